The normalized spacial score (nSPS) is 53.7. The summed E-state index contributed by atoms with van der Waals surface area (Å²) in [6.45, 7) is 9.77. The first kappa shape index (κ1) is 18.0. The van der Waals surface area contributed by atoms with Gasteiger partial charge in [0.15, 0.2) is 0 Å². The average Bonchev–Trinajstić information content (AvgIpc) is 2.93. The largest absolute Gasteiger partial charge is 0.393 e. The fraction of sp³-hybridized carbons (Fsp3) is 0.957. The monoisotopic (exact) mass is 346 g/mol. The number of ketones is 1. The summed E-state index contributed by atoms with van der Waals surface area (Å²) in [4.78, 5) is 13.3. The van der Waals surface area contributed by atoms with Gasteiger partial charge >= 0.3 is 0 Å². The Bertz CT molecular complexity index is 542. The van der Waals surface area contributed by atoms with Gasteiger partial charge in [0.05, 0.1) is 6.10 Å². The molecular formula is C23H38O2. The Hall–Kier alpha value is -0.370. The molecule has 4 aliphatic rings. The van der Waals surface area contributed by atoms with Gasteiger partial charge in [-0.15, -0.1) is 0 Å². The lowest BCUT2D eigenvalue weighted by molar-refractivity contribution is -0.160. The third-order valence-corrected chi connectivity index (χ3v) is 9.85. The molecule has 1 N–H and O–H groups in total. The van der Waals surface area contributed by atoms with E-state index in [1.807, 2.05) is 0 Å². The molecule has 4 rings (SSSR count). The molecular weight excluding hydrogens is 308 g/mol. The minimum atomic E-state index is -0.169. The third kappa shape index (κ3) is 2.49. The van der Waals surface area contributed by atoms with Crippen molar-refractivity contribution in [1.82, 2.24) is 0 Å². The molecule has 0 aromatic carbocycles. The van der Waals surface area contributed by atoms with Crippen LogP contribution >= 0.6 is 0 Å². The van der Waals surface area contributed by atoms with Crippen molar-refractivity contribution in [2.45, 2.75) is 91.6 Å². The van der Waals surface area contributed by atoms with Crippen LogP contribution < -0.4 is 0 Å². The molecule has 2 unspecified atom stereocenters. The zero-order valence-electron chi connectivity index (χ0n) is 16.8. The molecule has 142 valence electrons. The van der Waals surface area contributed by atoms with Crippen LogP contribution in [0.5, 0.6) is 0 Å². The molecule has 0 radical (unpaired) electrons. The van der Waals surface area contributed by atoms with Crippen LogP contribution in [0, 0.1) is 46.3 Å². The van der Waals surface area contributed by atoms with E-state index in [4.69, 9.17) is 0 Å². The van der Waals surface area contributed by atoms with E-state index in [0.29, 0.717) is 40.3 Å². The summed E-state index contributed by atoms with van der Waals surface area (Å²) < 4.78 is 0. The first-order valence-corrected chi connectivity index (χ1v) is 11.0. The predicted molar refractivity (Wildman–Crippen MR) is 101 cm³/mol. The van der Waals surface area contributed by atoms with E-state index in [2.05, 4.69) is 27.7 Å². The maximum absolute atomic E-state index is 13.3. The number of fused-ring (bicyclic) bond motifs is 5. The molecule has 4 saturated carbocycles. The second-order valence-corrected chi connectivity index (χ2v) is 10.7. The van der Waals surface area contributed by atoms with Crippen LogP contribution in [0.25, 0.3) is 0 Å². The van der Waals surface area contributed by atoms with Crippen molar-refractivity contribution in [3.05, 3.63) is 0 Å². The molecule has 0 aromatic rings. The van der Waals surface area contributed by atoms with Gasteiger partial charge in [0.25, 0.3) is 0 Å². The quantitative estimate of drug-likeness (QED) is 0.743. The van der Waals surface area contributed by atoms with Gasteiger partial charge in [-0.1, -0.05) is 34.1 Å². The molecule has 0 aliphatic heterocycles. The summed E-state index contributed by atoms with van der Waals surface area (Å²) >= 11 is 0. The summed E-state index contributed by atoms with van der Waals surface area (Å²) in [7, 11) is 0. The number of carbonyl (C=O) groups excluding carboxylic acids is 1. The van der Waals surface area contributed by atoms with Crippen LogP contribution in [0.15, 0.2) is 0 Å². The van der Waals surface area contributed by atoms with Crippen LogP contribution in [0.4, 0.5) is 0 Å². The Morgan fingerprint density at radius 3 is 2.48 bits per heavy atom. The fourth-order valence-corrected chi connectivity index (χ4v) is 8.17. The summed E-state index contributed by atoms with van der Waals surface area (Å²) in [5.74, 6) is 4.13. The molecule has 0 amide bonds. The summed E-state index contributed by atoms with van der Waals surface area (Å²) in [6, 6.07) is 0. The van der Waals surface area contributed by atoms with E-state index < -0.39 is 0 Å². The lowest BCUT2D eigenvalue weighted by Gasteiger charge is -2.60. The van der Waals surface area contributed by atoms with Gasteiger partial charge in [-0.25, -0.2) is 0 Å². The first-order chi connectivity index (χ1) is 11.8. The zero-order chi connectivity index (χ0) is 18.0. The Morgan fingerprint density at radius 2 is 1.76 bits per heavy atom. The molecule has 2 nitrogen and oxygen atoms in total. The zero-order valence-corrected chi connectivity index (χ0v) is 16.8. The van der Waals surface area contributed by atoms with Gasteiger partial charge in [-0.3, -0.25) is 4.79 Å². The summed E-state index contributed by atoms with van der Waals surface area (Å²) in [6.07, 6.45) is 9.98. The molecule has 0 bridgehead atoms. The second-order valence-electron chi connectivity index (χ2n) is 10.7. The van der Waals surface area contributed by atoms with Gasteiger partial charge < -0.3 is 5.11 Å². The molecule has 0 spiro atoms. The maximum Gasteiger partial charge on any atom is 0.136 e. The summed E-state index contributed by atoms with van der Waals surface area (Å²) in [5.41, 5.74) is 0.692. The second kappa shape index (κ2) is 6.08. The Balaban J connectivity index is 1.65. The summed E-state index contributed by atoms with van der Waals surface area (Å²) in [5, 5.41) is 10.1. The van der Waals surface area contributed by atoms with Crippen LogP contribution in [-0.4, -0.2) is 17.0 Å². The van der Waals surface area contributed by atoms with Crippen LogP contribution in [0.2, 0.25) is 0 Å². The number of rotatable bonds is 2. The van der Waals surface area contributed by atoms with Gasteiger partial charge in [0.2, 0.25) is 0 Å². The number of hydrogen-bond donors (Lipinski definition) is 1. The predicted octanol–water partition coefficient (Wildman–Crippen LogP) is 5.23. The number of hydrogen-bond acceptors (Lipinski definition) is 2. The fourth-order valence-electron chi connectivity index (χ4n) is 8.17. The SMILES string of the molecule is CC[C@@H](C)[C@H]1CCC2[C@@H]3C(=O)C[C@@H]4C[C@H](O)CC[C@]4(C)C3CC[C@@]21C. The van der Waals surface area contributed by atoms with Crippen LogP contribution in [-0.2, 0) is 4.79 Å². The van der Waals surface area contributed by atoms with E-state index in [-0.39, 0.29) is 6.10 Å². The molecule has 9 atom stereocenters. The third-order valence-electron chi connectivity index (χ3n) is 9.85. The van der Waals surface area contributed by atoms with E-state index in [0.717, 1.165) is 37.5 Å². The topological polar surface area (TPSA) is 37.3 Å². The average molecular weight is 347 g/mol. The molecule has 4 fully saturated rings. The molecule has 4 aliphatic carbocycles. The Morgan fingerprint density at radius 1 is 1.08 bits per heavy atom. The van der Waals surface area contributed by atoms with Gasteiger partial charge in [-0.2, -0.15) is 0 Å². The highest BCUT2D eigenvalue weighted by Gasteiger charge is 2.62. The van der Waals surface area contributed by atoms with Crippen molar-refractivity contribution < 1.29 is 9.90 Å². The van der Waals surface area contributed by atoms with Crippen molar-refractivity contribution in [3.63, 3.8) is 0 Å². The van der Waals surface area contributed by atoms with Crippen LogP contribution in [0.1, 0.15) is 85.5 Å². The Kier molecular flexibility index (Phi) is 4.38. The minimum Gasteiger partial charge on any atom is -0.393 e. The maximum atomic E-state index is 13.3. The van der Waals surface area contributed by atoms with Crippen molar-refractivity contribution >= 4 is 5.78 Å². The molecule has 2 heteroatoms. The van der Waals surface area contributed by atoms with Gasteiger partial charge in [-0.05, 0) is 85.4 Å². The Labute approximate surface area is 154 Å². The van der Waals surface area contributed by atoms with Crippen molar-refractivity contribution in [3.8, 4) is 0 Å². The van der Waals surface area contributed by atoms with E-state index in [9.17, 15) is 9.90 Å². The number of aliphatic hydroxyl groups is 1. The minimum absolute atomic E-state index is 0.169. The smallest absolute Gasteiger partial charge is 0.136 e. The van der Waals surface area contributed by atoms with Crippen molar-refractivity contribution in [2.75, 3.05) is 0 Å². The lowest BCUT2D eigenvalue weighted by Crippen LogP contribution is -2.57. The highest BCUT2D eigenvalue weighted by Crippen LogP contribution is 2.67. The highest BCUT2D eigenvalue weighted by molar-refractivity contribution is 5.83. The van der Waals surface area contributed by atoms with E-state index >= 15 is 0 Å². The van der Waals surface area contributed by atoms with E-state index in [1.54, 1.807) is 0 Å². The number of carbonyl (C=O) groups is 1. The molecule has 0 heterocycles. The van der Waals surface area contributed by atoms with Gasteiger partial charge in [0.1, 0.15) is 5.78 Å². The van der Waals surface area contributed by atoms with Gasteiger partial charge in [0, 0.05) is 12.3 Å². The van der Waals surface area contributed by atoms with Crippen molar-refractivity contribution in [1.29, 1.82) is 0 Å². The van der Waals surface area contributed by atoms with Crippen molar-refractivity contribution in [2.24, 2.45) is 46.3 Å². The number of Topliss-reactive ketones (excluding diaryl/α,β-unsaturated/α-hetero) is 1. The molecule has 25 heavy (non-hydrogen) atoms. The molecule has 0 saturated heterocycles. The van der Waals surface area contributed by atoms with Crippen LogP contribution in [0.3, 0.4) is 0 Å². The van der Waals surface area contributed by atoms with E-state index in [1.165, 1.54) is 32.1 Å². The molecule has 0 aromatic heterocycles. The highest BCUT2D eigenvalue weighted by atomic mass is 16.3. The first-order valence-electron chi connectivity index (χ1n) is 11.0. The lowest BCUT2D eigenvalue weighted by atomic mass is 9.44. The standard InChI is InChI=1S/C23H38O2/c1-5-14(2)17-6-7-18-21-19(9-11-23(17,18)4)22(3)10-8-16(24)12-15(22)13-20(21)25/h14-19,21,24H,5-13H2,1-4H3/t14-,15+,16-,17-,18?,19?,21+,22+,23-/m1/s1. The number of aliphatic hydroxyl groups excluding tert-OH is 1.